The minimum atomic E-state index is 0.0105. The fraction of sp³-hybridized carbons (Fsp3) is 0.533. The third kappa shape index (κ3) is 1.37. The van der Waals surface area contributed by atoms with Crippen molar-refractivity contribution in [1.82, 2.24) is 0 Å². The van der Waals surface area contributed by atoms with E-state index in [9.17, 15) is 4.79 Å². The second-order valence-electron chi connectivity index (χ2n) is 5.25. The lowest BCUT2D eigenvalue weighted by atomic mass is 9.79. The lowest BCUT2D eigenvalue weighted by Gasteiger charge is -2.30. The average molecular weight is 246 g/mol. The van der Waals surface area contributed by atoms with Crippen molar-refractivity contribution in [3.8, 4) is 5.75 Å². The van der Waals surface area contributed by atoms with Gasteiger partial charge < -0.3 is 9.47 Å². The van der Waals surface area contributed by atoms with Crippen LogP contribution >= 0.6 is 0 Å². The fourth-order valence-electron chi connectivity index (χ4n) is 3.92. The van der Waals surface area contributed by atoms with E-state index >= 15 is 0 Å². The summed E-state index contributed by atoms with van der Waals surface area (Å²) < 4.78 is 11.1. The topological polar surface area (TPSA) is 35.5 Å². The largest absolute Gasteiger partial charge is 0.496 e. The van der Waals surface area contributed by atoms with E-state index in [2.05, 4.69) is 6.07 Å². The Kier molecular flexibility index (Phi) is 2.67. The van der Waals surface area contributed by atoms with Crippen molar-refractivity contribution in [2.45, 2.75) is 31.3 Å². The van der Waals surface area contributed by atoms with Gasteiger partial charge in [0.1, 0.15) is 11.5 Å². The van der Waals surface area contributed by atoms with Crippen molar-refractivity contribution in [2.75, 3.05) is 14.2 Å². The number of Topliss-reactive ketones (excluding diaryl/α,β-unsaturated/α-hetero) is 1. The Balaban J connectivity index is 2.12. The van der Waals surface area contributed by atoms with E-state index in [1.165, 1.54) is 11.1 Å². The molecule has 3 heteroatoms. The molecule has 2 aliphatic rings. The molecule has 0 heterocycles. The van der Waals surface area contributed by atoms with E-state index in [4.69, 9.17) is 9.47 Å². The predicted molar refractivity (Wildman–Crippen MR) is 68.1 cm³/mol. The van der Waals surface area contributed by atoms with Gasteiger partial charge in [0, 0.05) is 18.6 Å². The minimum Gasteiger partial charge on any atom is -0.496 e. The van der Waals surface area contributed by atoms with E-state index in [0.29, 0.717) is 11.8 Å². The summed E-state index contributed by atoms with van der Waals surface area (Å²) in [6.45, 7) is 1.68. The number of hydrogen-bond donors (Lipinski definition) is 0. The molecule has 0 aliphatic heterocycles. The number of carbonyl (C=O) groups is 1. The third-order valence-corrected chi connectivity index (χ3v) is 4.52. The molecular weight excluding hydrogens is 228 g/mol. The number of carbonyl (C=O) groups excluding carboxylic acids is 1. The van der Waals surface area contributed by atoms with Crippen LogP contribution in [0.25, 0.3) is 0 Å². The first kappa shape index (κ1) is 11.7. The molecule has 4 atom stereocenters. The SMILES string of the molecule is COc1cccc2c1C1CC2C(C(C)=O)C1OC. The highest BCUT2D eigenvalue weighted by molar-refractivity contribution is 5.82. The summed E-state index contributed by atoms with van der Waals surface area (Å²) in [6.07, 6.45) is 1.02. The zero-order valence-electron chi connectivity index (χ0n) is 11.0. The molecule has 18 heavy (non-hydrogen) atoms. The first-order valence-corrected chi connectivity index (χ1v) is 6.39. The lowest BCUT2D eigenvalue weighted by Crippen LogP contribution is -2.33. The van der Waals surface area contributed by atoms with Gasteiger partial charge in [-0.1, -0.05) is 12.1 Å². The van der Waals surface area contributed by atoms with Crippen LogP contribution in [0.3, 0.4) is 0 Å². The fourth-order valence-corrected chi connectivity index (χ4v) is 3.92. The first-order valence-electron chi connectivity index (χ1n) is 6.39. The molecule has 0 amide bonds. The predicted octanol–water partition coefficient (Wildman–Crippen LogP) is 2.50. The van der Waals surface area contributed by atoms with Crippen LogP contribution in [0.2, 0.25) is 0 Å². The van der Waals surface area contributed by atoms with Crippen molar-refractivity contribution in [1.29, 1.82) is 0 Å². The number of rotatable bonds is 3. The second kappa shape index (κ2) is 4.09. The van der Waals surface area contributed by atoms with Crippen LogP contribution in [0.4, 0.5) is 0 Å². The molecule has 2 aliphatic carbocycles. The van der Waals surface area contributed by atoms with Gasteiger partial charge in [-0.3, -0.25) is 4.79 Å². The Morgan fingerprint density at radius 3 is 2.67 bits per heavy atom. The summed E-state index contributed by atoms with van der Waals surface area (Å²) in [4.78, 5) is 11.9. The van der Waals surface area contributed by atoms with Crippen molar-refractivity contribution in [2.24, 2.45) is 5.92 Å². The maximum atomic E-state index is 11.9. The summed E-state index contributed by atoms with van der Waals surface area (Å²) in [5.41, 5.74) is 2.54. The Labute approximate surface area is 107 Å². The van der Waals surface area contributed by atoms with Gasteiger partial charge in [-0.25, -0.2) is 0 Å². The van der Waals surface area contributed by atoms with E-state index in [1.54, 1.807) is 21.1 Å². The van der Waals surface area contributed by atoms with Crippen molar-refractivity contribution < 1.29 is 14.3 Å². The standard InChI is InChI=1S/C15H18O3/c1-8(16)13-10-7-11(15(13)18-3)14-9(10)5-4-6-12(14)17-2/h4-6,10-11,13,15H,7H2,1-3H3. The summed E-state index contributed by atoms with van der Waals surface area (Å²) in [5, 5.41) is 0. The smallest absolute Gasteiger partial charge is 0.136 e. The number of ether oxygens (including phenoxy) is 2. The molecule has 4 unspecified atom stereocenters. The number of ketones is 1. The summed E-state index contributed by atoms with van der Waals surface area (Å²) in [7, 11) is 3.41. The normalized spacial score (nSPS) is 32.4. The summed E-state index contributed by atoms with van der Waals surface area (Å²) >= 11 is 0. The zero-order chi connectivity index (χ0) is 12.9. The van der Waals surface area contributed by atoms with Gasteiger partial charge in [-0.15, -0.1) is 0 Å². The Morgan fingerprint density at radius 1 is 1.28 bits per heavy atom. The molecule has 0 N–H and O–H groups in total. The Hall–Kier alpha value is -1.35. The summed E-state index contributed by atoms with van der Waals surface area (Å²) in [6, 6.07) is 6.14. The van der Waals surface area contributed by atoms with Crippen LogP contribution in [0, 0.1) is 5.92 Å². The number of methoxy groups -OCH3 is 2. The third-order valence-electron chi connectivity index (χ3n) is 4.52. The maximum Gasteiger partial charge on any atom is 0.136 e. The van der Waals surface area contributed by atoms with Gasteiger partial charge in [0.25, 0.3) is 0 Å². The van der Waals surface area contributed by atoms with Crippen LogP contribution in [0.15, 0.2) is 18.2 Å². The Morgan fingerprint density at radius 2 is 2.06 bits per heavy atom. The van der Waals surface area contributed by atoms with E-state index < -0.39 is 0 Å². The molecule has 0 aromatic heterocycles. The highest BCUT2D eigenvalue weighted by atomic mass is 16.5. The average Bonchev–Trinajstić information content (AvgIpc) is 2.93. The van der Waals surface area contributed by atoms with Gasteiger partial charge >= 0.3 is 0 Å². The number of benzene rings is 1. The quantitative estimate of drug-likeness (QED) is 0.822. The number of fused-ring (bicyclic) bond motifs is 5. The van der Waals surface area contributed by atoms with Crippen molar-refractivity contribution >= 4 is 5.78 Å². The van der Waals surface area contributed by atoms with Crippen molar-refractivity contribution in [3.05, 3.63) is 29.3 Å². The van der Waals surface area contributed by atoms with Crippen molar-refractivity contribution in [3.63, 3.8) is 0 Å². The molecule has 0 saturated heterocycles. The van der Waals surface area contributed by atoms with Gasteiger partial charge in [0.2, 0.25) is 0 Å². The molecule has 96 valence electrons. The Bertz CT molecular complexity index is 495. The molecule has 1 aromatic carbocycles. The summed E-state index contributed by atoms with van der Waals surface area (Å²) in [5.74, 6) is 1.80. The van der Waals surface area contributed by atoms with Gasteiger partial charge in [0.05, 0.1) is 19.1 Å². The molecule has 3 nitrogen and oxygen atoms in total. The van der Waals surface area contributed by atoms with Gasteiger partial charge in [0.15, 0.2) is 0 Å². The molecule has 1 saturated carbocycles. The molecule has 0 radical (unpaired) electrons. The monoisotopic (exact) mass is 246 g/mol. The maximum absolute atomic E-state index is 11.9. The molecule has 0 spiro atoms. The van der Waals surface area contributed by atoms with Crippen LogP contribution in [-0.4, -0.2) is 26.1 Å². The molecule has 1 fully saturated rings. The highest BCUT2D eigenvalue weighted by Gasteiger charge is 2.54. The zero-order valence-corrected chi connectivity index (χ0v) is 11.0. The first-order chi connectivity index (χ1) is 8.69. The van der Waals surface area contributed by atoms with Gasteiger partial charge in [-0.2, -0.15) is 0 Å². The highest BCUT2D eigenvalue weighted by Crippen LogP contribution is 2.59. The number of hydrogen-bond acceptors (Lipinski definition) is 3. The van der Waals surface area contributed by atoms with E-state index in [-0.39, 0.29) is 17.8 Å². The minimum absolute atomic E-state index is 0.0105. The van der Waals surface area contributed by atoms with E-state index in [0.717, 1.165) is 12.2 Å². The van der Waals surface area contributed by atoms with Gasteiger partial charge in [-0.05, 0) is 30.9 Å². The van der Waals surface area contributed by atoms with Crippen LogP contribution in [-0.2, 0) is 9.53 Å². The lowest BCUT2D eigenvalue weighted by molar-refractivity contribution is -0.125. The van der Waals surface area contributed by atoms with Crippen LogP contribution in [0.5, 0.6) is 5.75 Å². The molecule has 1 aromatic rings. The van der Waals surface area contributed by atoms with E-state index in [1.807, 2.05) is 12.1 Å². The van der Waals surface area contributed by atoms with Crippen LogP contribution in [0.1, 0.15) is 36.3 Å². The molecule has 2 bridgehead atoms. The molecular formula is C15H18O3. The second-order valence-corrected chi connectivity index (χ2v) is 5.25. The van der Waals surface area contributed by atoms with Crippen LogP contribution < -0.4 is 4.74 Å². The molecule has 3 rings (SSSR count).